The van der Waals surface area contributed by atoms with Crippen LogP contribution in [0, 0.1) is 24.7 Å². The fourth-order valence-electron chi connectivity index (χ4n) is 6.31. The minimum Gasteiger partial charge on any atom is -0.481 e. The Kier molecular flexibility index (Phi) is 6.05. The summed E-state index contributed by atoms with van der Waals surface area (Å²) < 4.78 is 0. The van der Waals surface area contributed by atoms with E-state index in [1.54, 1.807) is 0 Å². The molecule has 0 radical (unpaired) electrons. The first-order valence-electron chi connectivity index (χ1n) is 11.5. The summed E-state index contributed by atoms with van der Waals surface area (Å²) in [6.07, 6.45) is 8.65. The molecule has 5 nitrogen and oxygen atoms in total. The molecule has 2 aliphatic heterocycles. The van der Waals surface area contributed by atoms with Crippen LogP contribution in [0.2, 0.25) is 0 Å². The maximum Gasteiger partial charge on any atom is 0.306 e. The van der Waals surface area contributed by atoms with Crippen LogP contribution < -0.4 is 10.6 Å². The topological polar surface area (TPSA) is 69.8 Å². The first kappa shape index (κ1) is 20.5. The molecular weight excluding hydrogens is 362 g/mol. The monoisotopic (exact) mass is 399 g/mol. The van der Waals surface area contributed by atoms with Crippen molar-refractivity contribution in [3.63, 3.8) is 0 Å². The molecular formula is C24H37N3O2. The van der Waals surface area contributed by atoms with Gasteiger partial charge in [0.05, 0.1) is 5.92 Å². The van der Waals surface area contributed by atoms with Crippen molar-refractivity contribution in [1.82, 2.24) is 4.90 Å². The first-order valence-corrected chi connectivity index (χ1v) is 11.5. The van der Waals surface area contributed by atoms with Gasteiger partial charge in [0.2, 0.25) is 0 Å². The van der Waals surface area contributed by atoms with E-state index in [4.69, 9.17) is 10.8 Å². The predicted octanol–water partition coefficient (Wildman–Crippen LogP) is 4.15. The van der Waals surface area contributed by atoms with Gasteiger partial charge in [0.25, 0.3) is 0 Å². The number of likely N-dealkylation sites (tertiary alicyclic amines) is 1. The van der Waals surface area contributed by atoms with Crippen LogP contribution >= 0.6 is 0 Å². The second kappa shape index (κ2) is 8.55. The summed E-state index contributed by atoms with van der Waals surface area (Å²) in [6.45, 7) is 8.19. The molecule has 3 unspecified atom stereocenters. The molecule has 0 amide bonds. The van der Waals surface area contributed by atoms with Gasteiger partial charge in [-0.05, 0) is 94.5 Å². The number of hydrogen-bond donors (Lipinski definition) is 2. The molecule has 3 N–H and O–H groups in total. The summed E-state index contributed by atoms with van der Waals surface area (Å²) in [4.78, 5) is 15.8. The highest BCUT2D eigenvalue weighted by Crippen LogP contribution is 2.48. The van der Waals surface area contributed by atoms with E-state index in [9.17, 15) is 4.79 Å². The summed E-state index contributed by atoms with van der Waals surface area (Å²) >= 11 is 0. The van der Waals surface area contributed by atoms with Crippen LogP contribution in [0.25, 0.3) is 0 Å². The quantitative estimate of drug-likeness (QED) is 0.747. The molecule has 4 aliphatic rings. The van der Waals surface area contributed by atoms with Gasteiger partial charge in [-0.15, -0.1) is 0 Å². The fourth-order valence-corrected chi connectivity index (χ4v) is 6.31. The maximum atomic E-state index is 10.6. The van der Waals surface area contributed by atoms with E-state index in [-0.39, 0.29) is 5.92 Å². The zero-order chi connectivity index (χ0) is 20.5. The smallest absolute Gasteiger partial charge is 0.306 e. The molecule has 160 valence electrons. The number of hydrogen-bond acceptors (Lipinski definition) is 4. The van der Waals surface area contributed by atoms with Gasteiger partial charge in [0, 0.05) is 36.5 Å². The van der Waals surface area contributed by atoms with Crippen molar-refractivity contribution in [2.45, 2.75) is 70.9 Å². The molecule has 2 aliphatic carbocycles. The molecule has 1 aromatic carbocycles. The third-order valence-electron chi connectivity index (χ3n) is 7.85. The number of aryl methyl sites for hydroxylation is 1. The molecule has 5 rings (SSSR count). The lowest BCUT2D eigenvalue weighted by Crippen LogP contribution is -2.39. The second-order valence-corrected chi connectivity index (χ2v) is 9.78. The first-order chi connectivity index (χ1) is 13.9. The third kappa shape index (κ3) is 4.40. The number of nitrogens with zero attached hydrogens (tertiary/aromatic N) is 2. The Bertz CT molecular complexity index is 737. The van der Waals surface area contributed by atoms with Crippen molar-refractivity contribution in [3.8, 4) is 0 Å². The summed E-state index contributed by atoms with van der Waals surface area (Å²) in [5.41, 5.74) is 9.38. The second-order valence-electron chi connectivity index (χ2n) is 9.78. The molecule has 0 spiro atoms. The van der Waals surface area contributed by atoms with Crippen molar-refractivity contribution in [3.05, 3.63) is 23.8 Å². The van der Waals surface area contributed by atoms with Crippen LogP contribution in [0.3, 0.4) is 0 Å². The standard InChI is InChI=1S/C16H25N3.C8H12O2/c1-12-10-14(17)5-6-16(12)18-9-7-15(11-18)19-8-3-4-13(19)2;9-8(10)7-4-5-1-2-6(7)3-5/h5-6,10,13,15H,3-4,7-9,11,17H2,1-2H3;5-7H,1-4H2,(H,9,10)/t;5-,6+,7?/m.1/s1. The average molecular weight is 400 g/mol. The van der Waals surface area contributed by atoms with Crippen LogP contribution in [0.15, 0.2) is 18.2 Å². The third-order valence-corrected chi connectivity index (χ3v) is 7.85. The molecule has 4 fully saturated rings. The highest BCUT2D eigenvalue weighted by molar-refractivity contribution is 5.71. The molecule has 0 aromatic heterocycles. The Morgan fingerprint density at radius 1 is 1.14 bits per heavy atom. The number of nitrogens with two attached hydrogens (primary N) is 1. The molecule has 2 bridgehead atoms. The normalized spacial score (nSPS) is 33.7. The lowest BCUT2D eigenvalue weighted by Gasteiger charge is -2.29. The Balaban J connectivity index is 0.000000171. The minimum atomic E-state index is -0.563. The summed E-state index contributed by atoms with van der Waals surface area (Å²) in [5, 5.41) is 8.74. The van der Waals surface area contributed by atoms with Crippen molar-refractivity contribution in [1.29, 1.82) is 0 Å². The molecule has 2 saturated carbocycles. The number of nitrogen functional groups attached to an aromatic ring is 1. The Morgan fingerprint density at radius 2 is 1.97 bits per heavy atom. The number of rotatable bonds is 3. The molecule has 29 heavy (non-hydrogen) atoms. The summed E-state index contributed by atoms with van der Waals surface area (Å²) in [7, 11) is 0. The fraction of sp³-hybridized carbons (Fsp3) is 0.708. The van der Waals surface area contributed by atoms with E-state index < -0.39 is 5.97 Å². The van der Waals surface area contributed by atoms with Crippen molar-refractivity contribution in [2.75, 3.05) is 30.3 Å². The van der Waals surface area contributed by atoms with Crippen molar-refractivity contribution >= 4 is 17.3 Å². The van der Waals surface area contributed by atoms with Gasteiger partial charge in [0.1, 0.15) is 0 Å². The number of benzene rings is 1. The van der Waals surface area contributed by atoms with Gasteiger partial charge in [-0.25, -0.2) is 0 Å². The van der Waals surface area contributed by atoms with E-state index in [1.807, 2.05) is 6.07 Å². The Hall–Kier alpha value is -1.75. The maximum absolute atomic E-state index is 10.6. The highest BCUT2D eigenvalue weighted by Gasteiger charge is 2.43. The lowest BCUT2D eigenvalue weighted by atomic mass is 9.89. The molecule has 5 atom stereocenters. The Morgan fingerprint density at radius 3 is 2.52 bits per heavy atom. The van der Waals surface area contributed by atoms with Gasteiger partial charge in [-0.1, -0.05) is 6.42 Å². The Labute approximate surface area is 175 Å². The zero-order valence-electron chi connectivity index (χ0n) is 18.0. The SMILES string of the molecule is Cc1cc(N)ccc1N1CCC(N2CCCC2C)C1.O=C(O)C1C[C@@H]2CC[C@H]1C2. The van der Waals surface area contributed by atoms with Gasteiger partial charge >= 0.3 is 5.97 Å². The van der Waals surface area contributed by atoms with Gasteiger partial charge < -0.3 is 15.7 Å². The van der Waals surface area contributed by atoms with Gasteiger partial charge in [-0.2, -0.15) is 0 Å². The number of anilines is 2. The van der Waals surface area contributed by atoms with Crippen LogP contribution in [-0.2, 0) is 4.79 Å². The largest absolute Gasteiger partial charge is 0.481 e. The molecule has 1 aromatic rings. The van der Waals surface area contributed by atoms with Gasteiger partial charge in [-0.3, -0.25) is 9.69 Å². The van der Waals surface area contributed by atoms with Crippen LogP contribution in [0.5, 0.6) is 0 Å². The molecule has 5 heteroatoms. The zero-order valence-corrected chi connectivity index (χ0v) is 18.0. The van der Waals surface area contributed by atoms with Gasteiger partial charge in [0.15, 0.2) is 0 Å². The van der Waals surface area contributed by atoms with E-state index in [0.29, 0.717) is 5.92 Å². The number of carboxylic acid groups (broad SMARTS) is 1. The lowest BCUT2D eigenvalue weighted by molar-refractivity contribution is -0.143. The van der Waals surface area contributed by atoms with Crippen molar-refractivity contribution in [2.24, 2.45) is 17.8 Å². The summed E-state index contributed by atoms with van der Waals surface area (Å²) in [6, 6.07) is 7.81. The van der Waals surface area contributed by atoms with E-state index in [0.717, 1.165) is 30.1 Å². The van der Waals surface area contributed by atoms with Crippen LogP contribution in [0.4, 0.5) is 11.4 Å². The van der Waals surface area contributed by atoms with Crippen molar-refractivity contribution < 1.29 is 9.90 Å². The number of carbonyl (C=O) groups is 1. The van der Waals surface area contributed by atoms with Crippen LogP contribution in [0.1, 0.15) is 57.4 Å². The highest BCUT2D eigenvalue weighted by atomic mass is 16.4. The van der Waals surface area contributed by atoms with E-state index in [2.05, 4.69) is 35.8 Å². The average Bonchev–Trinajstić information content (AvgIpc) is 3.46. The minimum absolute atomic E-state index is 0.0127. The van der Waals surface area contributed by atoms with E-state index in [1.165, 1.54) is 69.4 Å². The van der Waals surface area contributed by atoms with E-state index >= 15 is 0 Å². The number of carboxylic acids is 1. The molecule has 2 heterocycles. The molecule has 2 saturated heterocycles. The summed E-state index contributed by atoms with van der Waals surface area (Å²) in [5.74, 6) is 0.736. The predicted molar refractivity (Wildman–Crippen MR) is 118 cm³/mol. The number of fused-ring (bicyclic) bond motifs is 2. The number of aliphatic carboxylic acids is 1. The van der Waals surface area contributed by atoms with Crippen LogP contribution in [-0.4, -0.2) is 47.7 Å².